The van der Waals surface area contributed by atoms with Gasteiger partial charge in [-0.15, -0.1) is 0 Å². The van der Waals surface area contributed by atoms with Crippen LogP contribution in [-0.4, -0.2) is 55.4 Å². The number of carbonyl (C=O) groups excluding carboxylic acids is 3. The summed E-state index contributed by atoms with van der Waals surface area (Å²) in [7, 11) is 0. The molecule has 164 valence electrons. The lowest BCUT2D eigenvalue weighted by atomic mass is 9.92. The van der Waals surface area contributed by atoms with Gasteiger partial charge in [-0.2, -0.15) is 0 Å². The predicted octanol–water partition coefficient (Wildman–Crippen LogP) is 2.53. The number of thioether (sulfide) groups is 1. The van der Waals surface area contributed by atoms with Crippen LogP contribution in [0.5, 0.6) is 0 Å². The van der Waals surface area contributed by atoms with E-state index in [1.165, 1.54) is 11.8 Å². The Kier molecular flexibility index (Phi) is 7.84. The van der Waals surface area contributed by atoms with Gasteiger partial charge < -0.3 is 19.3 Å². The molecule has 0 radical (unpaired) electrons. The SMILES string of the molecule is C=C(C)C(=O)OCCOCC(O)COC(=O)C1=CC2=C(Cc3ccccc3S2)C(=O)C1. The van der Waals surface area contributed by atoms with Crippen LogP contribution in [0.3, 0.4) is 0 Å². The summed E-state index contributed by atoms with van der Waals surface area (Å²) in [4.78, 5) is 38.0. The Morgan fingerprint density at radius 3 is 2.71 bits per heavy atom. The second-order valence-electron chi connectivity index (χ2n) is 7.24. The lowest BCUT2D eigenvalue weighted by Crippen LogP contribution is -2.26. The largest absolute Gasteiger partial charge is 0.460 e. The van der Waals surface area contributed by atoms with Crippen LogP contribution >= 0.6 is 11.8 Å². The zero-order valence-electron chi connectivity index (χ0n) is 17.2. The summed E-state index contributed by atoms with van der Waals surface area (Å²) in [5, 5.41) is 9.92. The average Bonchev–Trinajstić information content (AvgIpc) is 2.75. The molecule has 1 aromatic rings. The number of rotatable bonds is 9. The van der Waals surface area contributed by atoms with E-state index in [0.29, 0.717) is 12.0 Å². The zero-order valence-corrected chi connectivity index (χ0v) is 18.0. The summed E-state index contributed by atoms with van der Waals surface area (Å²) in [5.74, 6) is -1.22. The third kappa shape index (κ3) is 6.16. The van der Waals surface area contributed by atoms with E-state index in [2.05, 4.69) is 6.58 Å². The van der Waals surface area contributed by atoms with Crippen molar-refractivity contribution < 1.29 is 33.7 Å². The van der Waals surface area contributed by atoms with Crippen molar-refractivity contribution in [2.45, 2.75) is 30.8 Å². The molecule has 1 heterocycles. The lowest BCUT2D eigenvalue weighted by molar-refractivity contribution is -0.145. The maximum Gasteiger partial charge on any atom is 0.334 e. The van der Waals surface area contributed by atoms with Gasteiger partial charge in [-0.3, -0.25) is 4.79 Å². The average molecular weight is 445 g/mol. The third-order valence-corrected chi connectivity index (χ3v) is 5.84. The molecule has 1 atom stereocenters. The Morgan fingerprint density at radius 1 is 1.16 bits per heavy atom. The van der Waals surface area contributed by atoms with Gasteiger partial charge in [0.15, 0.2) is 5.78 Å². The second kappa shape index (κ2) is 10.6. The molecule has 1 unspecified atom stereocenters. The second-order valence-corrected chi connectivity index (χ2v) is 8.33. The van der Waals surface area contributed by atoms with Crippen LogP contribution in [0.2, 0.25) is 0 Å². The van der Waals surface area contributed by atoms with Crippen molar-refractivity contribution in [2.75, 3.05) is 26.4 Å². The van der Waals surface area contributed by atoms with Gasteiger partial charge in [0.05, 0.1) is 13.2 Å². The van der Waals surface area contributed by atoms with Crippen LogP contribution < -0.4 is 0 Å². The van der Waals surface area contributed by atoms with Crippen molar-refractivity contribution in [3.63, 3.8) is 0 Å². The normalized spacial score (nSPS) is 16.1. The predicted molar refractivity (Wildman–Crippen MR) is 114 cm³/mol. The van der Waals surface area contributed by atoms with Gasteiger partial charge in [0.1, 0.15) is 19.3 Å². The number of ether oxygens (including phenoxy) is 3. The smallest absolute Gasteiger partial charge is 0.334 e. The first-order valence-electron chi connectivity index (χ1n) is 9.83. The molecule has 7 nitrogen and oxygen atoms in total. The fourth-order valence-corrected chi connectivity index (χ4v) is 4.19. The van der Waals surface area contributed by atoms with E-state index < -0.39 is 18.0 Å². The van der Waals surface area contributed by atoms with E-state index in [0.717, 1.165) is 20.9 Å². The van der Waals surface area contributed by atoms with E-state index >= 15 is 0 Å². The minimum Gasteiger partial charge on any atom is -0.460 e. The molecule has 2 aliphatic rings. The number of hydrogen-bond acceptors (Lipinski definition) is 8. The monoisotopic (exact) mass is 444 g/mol. The molecule has 3 rings (SSSR count). The summed E-state index contributed by atoms with van der Waals surface area (Å²) >= 11 is 1.47. The Balaban J connectivity index is 1.45. The van der Waals surface area contributed by atoms with Gasteiger partial charge in [-0.25, -0.2) is 9.59 Å². The van der Waals surface area contributed by atoms with Crippen LogP contribution in [0.1, 0.15) is 18.9 Å². The fourth-order valence-electron chi connectivity index (χ4n) is 3.03. The van der Waals surface area contributed by atoms with Crippen molar-refractivity contribution in [3.8, 4) is 0 Å². The molecule has 31 heavy (non-hydrogen) atoms. The first kappa shape index (κ1) is 23.0. The first-order chi connectivity index (χ1) is 14.8. The highest BCUT2D eigenvalue weighted by Gasteiger charge is 2.29. The van der Waals surface area contributed by atoms with Crippen molar-refractivity contribution in [1.29, 1.82) is 0 Å². The maximum absolute atomic E-state index is 12.6. The van der Waals surface area contributed by atoms with Crippen LogP contribution in [0.15, 0.2) is 63.4 Å². The van der Waals surface area contributed by atoms with Crippen molar-refractivity contribution in [1.82, 2.24) is 0 Å². The number of esters is 2. The van der Waals surface area contributed by atoms with Gasteiger partial charge in [0.25, 0.3) is 0 Å². The Hall–Kier alpha value is -2.68. The number of aliphatic hydroxyl groups is 1. The van der Waals surface area contributed by atoms with E-state index in [1.807, 2.05) is 24.3 Å². The lowest BCUT2D eigenvalue weighted by Gasteiger charge is -2.24. The number of allylic oxidation sites excluding steroid dienone is 2. The number of fused-ring (bicyclic) bond motifs is 1. The molecule has 1 aliphatic carbocycles. The van der Waals surface area contributed by atoms with Crippen LogP contribution in [0.25, 0.3) is 0 Å². The zero-order chi connectivity index (χ0) is 22.4. The van der Waals surface area contributed by atoms with Crippen molar-refractivity contribution >= 4 is 29.5 Å². The van der Waals surface area contributed by atoms with Gasteiger partial charge in [0.2, 0.25) is 0 Å². The minimum atomic E-state index is -1.04. The van der Waals surface area contributed by atoms with Crippen molar-refractivity contribution in [2.24, 2.45) is 0 Å². The number of hydrogen-bond donors (Lipinski definition) is 1. The first-order valence-corrected chi connectivity index (χ1v) is 10.6. The molecule has 0 saturated heterocycles. The number of carbonyl (C=O) groups is 3. The van der Waals surface area contributed by atoms with Gasteiger partial charge in [-0.1, -0.05) is 36.5 Å². The van der Waals surface area contributed by atoms with E-state index in [4.69, 9.17) is 14.2 Å². The maximum atomic E-state index is 12.6. The van der Waals surface area contributed by atoms with Gasteiger partial charge in [0, 0.05) is 39.4 Å². The summed E-state index contributed by atoms with van der Waals surface area (Å²) in [6.45, 7) is 4.78. The molecule has 0 bridgehead atoms. The fraction of sp³-hybridized carbons (Fsp3) is 0.348. The summed E-state index contributed by atoms with van der Waals surface area (Å²) in [6, 6.07) is 7.88. The molecule has 0 aromatic heterocycles. The highest BCUT2D eigenvalue weighted by atomic mass is 32.2. The summed E-state index contributed by atoms with van der Waals surface area (Å²) < 4.78 is 15.2. The Labute approximate surface area is 184 Å². The molecule has 0 fully saturated rings. The van der Waals surface area contributed by atoms with E-state index in [-0.39, 0.29) is 44.2 Å². The quantitative estimate of drug-likeness (QED) is 0.352. The molecule has 8 heteroatoms. The Bertz CT molecular complexity index is 960. The molecule has 0 amide bonds. The summed E-state index contributed by atoms with van der Waals surface area (Å²) in [5.41, 5.74) is 2.40. The number of aliphatic hydroxyl groups excluding tert-OH is 1. The molecule has 0 saturated carbocycles. The highest BCUT2D eigenvalue weighted by molar-refractivity contribution is 8.03. The molecular weight excluding hydrogens is 420 g/mol. The van der Waals surface area contributed by atoms with Crippen molar-refractivity contribution in [3.05, 3.63) is 64.1 Å². The van der Waals surface area contributed by atoms with Crippen LogP contribution in [-0.2, 0) is 35.0 Å². The minimum absolute atomic E-state index is 0.0128. The van der Waals surface area contributed by atoms with Crippen LogP contribution in [0, 0.1) is 0 Å². The van der Waals surface area contributed by atoms with E-state index in [9.17, 15) is 19.5 Å². The molecule has 1 aromatic carbocycles. The molecule has 1 aliphatic heterocycles. The third-order valence-electron chi connectivity index (χ3n) is 4.64. The standard InChI is InChI=1S/C23H24O7S/c1-14(2)22(26)29-8-7-28-12-17(24)13-30-23(27)16-10-19(25)18-9-15-5-3-4-6-20(15)31-21(18)11-16/h3-6,11,17,24H,1,7-10,12-13H2,2H3. The van der Waals surface area contributed by atoms with Crippen LogP contribution in [0.4, 0.5) is 0 Å². The molecular formula is C23H24O7S. The highest BCUT2D eigenvalue weighted by Crippen LogP contribution is 2.42. The number of ketones is 1. The topological polar surface area (TPSA) is 99.1 Å². The Morgan fingerprint density at radius 2 is 1.94 bits per heavy atom. The summed E-state index contributed by atoms with van der Waals surface area (Å²) in [6.07, 6.45) is 1.22. The van der Waals surface area contributed by atoms with E-state index in [1.54, 1.807) is 13.0 Å². The number of benzene rings is 1. The number of Topliss-reactive ketones (excluding diaryl/α,β-unsaturated/α-hetero) is 1. The van der Waals surface area contributed by atoms with Gasteiger partial charge >= 0.3 is 11.9 Å². The molecule has 0 spiro atoms. The van der Waals surface area contributed by atoms with Gasteiger partial charge in [-0.05, 0) is 24.6 Å². The molecule has 1 N–H and O–H groups in total.